The zero-order valence-electron chi connectivity index (χ0n) is 7.91. The SMILES string of the molecule is N[C@@H](c1sccc1Cl)C1CCOCC1. The predicted molar refractivity (Wildman–Crippen MR) is 59.8 cm³/mol. The van der Waals surface area contributed by atoms with Gasteiger partial charge in [-0.25, -0.2) is 0 Å². The summed E-state index contributed by atoms with van der Waals surface area (Å²) in [7, 11) is 0. The van der Waals surface area contributed by atoms with E-state index in [0.717, 1.165) is 36.0 Å². The fraction of sp³-hybridized carbons (Fsp3) is 0.600. The molecule has 1 fully saturated rings. The fourth-order valence-electron chi connectivity index (χ4n) is 1.83. The van der Waals surface area contributed by atoms with Crippen molar-refractivity contribution in [2.24, 2.45) is 11.7 Å². The Balaban J connectivity index is 2.07. The molecule has 0 spiro atoms. The highest BCUT2D eigenvalue weighted by atomic mass is 35.5. The Bertz CT molecular complexity index is 296. The highest BCUT2D eigenvalue weighted by Crippen LogP contribution is 2.35. The molecule has 0 unspecified atom stereocenters. The van der Waals surface area contributed by atoms with Gasteiger partial charge in [0, 0.05) is 24.1 Å². The Kier molecular flexibility index (Phi) is 3.44. The minimum absolute atomic E-state index is 0.0893. The van der Waals surface area contributed by atoms with Crippen molar-refractivity contribution in [2.45, 2.75) is 18.9 Å². The van der Waals surface area contributed by atoms with Crippen LogP contribution >= 0.6 is 22.9 Å². The molecule has 2 N–H and O–H groups in total. The van der Waals surface area contributed by atoms with Crippen LogP contribution < -0.4 is 5.73 Å². The molecule has 0 aliphatic carbocycles. The van der Waals surface area contributed by atoms with Gasteiger partial charge in [-0.3, -0.25) is 0 Å². The van der Waals surface area contributed by atoms with Gasteiger partial charge in [0.25, 0.3) is 0 Å². The highest BCUT2D eigenvalue weighted by Gasteiger charge is 2.24. The normalized spacial score (nSPS) is 21.0. The molecule has 1 aromatic rings. The molecule has 0 saturated carbocycles. The third-order valence-electron chi connectivity index (χ3n) is 2.72. The van der Waals surface area contributed by atoms with Gasteiger partial charge in [0.2, 0.25) is 0 Å². The smallest absolute Gasteiger partial charge is 0.0561 e. The molecule has 0 bridgehead atoms. The topological polar surface area (TPSA) is 35.2 Å². The zero-order chi connectivity index (χ0) is 9.97. The summed E-state index contributed by atoms with van der Waals surface area (Å²) in [5.74, 6) is 0.528. The van der Waals surface area contributed by atoms with Gasteiger partial charge in [-0.2, -0.15) is 0 Å². The molecule has 0 radical (unpaired) electrons. The Morgan fingerprint density at radius 1 is 1.50 bits per heavy atom. The van der Waals surface area contributed by atoms with E-state index in [2.05, 4.69) is 0 Å². The Morgan fingerprint density at radius 3 is 2.79 bits per heavy atom. The second-order valence-electron chi connectivity index (χ2n) is 3.61. The first kappa shape index (κ1) is 10.4. The first-order valence-electron chi connectivity index (χ1n) is 4.85. The maximum absolute atomic E-state index is 6.19. The van der Waals surface area contributed by atoms with E-state index in [9.17, 15) is 0 Å². The molecule has 0 amide bonds. The van der Waals surface area contributed by atoms with Crippen LogP contribution in [0.25, 0.3) is 0 Å². The van der Waals surface area contributed by atoms with Crippen molar-refractivity contribution in [2.75, 3.05) is 13.2 Å². The number of ether oxygens (including phenoxy) is 1. The average molecular weight is 232 g/mol. The molecular weight excluding hydrogens is 218 g/mol. The highest BCUT2D eigenvalue weighted by molar-refractivity contribution is 7.10. The van der Waals surface area contributed by atoms with E-state index in [4.69, 9.17) is 22.1 Å². The second kappa shape index (κ2) is 4.62. The average Bonchev–Trinajstić information content (AvgIpc) is 2.65. The lowest BCUT2D eigenvalue weighted by Crippen LogP contribution is -2.26. The molecule has 1 atom stereocenters. The zero-order valence-corrected chi connectivity index (χ0v) is 9.48. The van der Waals surface area contributed by atoms with Gasteiger partial charge in [-0.1, -0.05) is 11.6 Å². The van der Waals surface area contributed by atoms with Gasteiger partial charge in [0.1, 0.15) is 0 Å². The van der Waals surface area contributed by atoms with Crippen molar-refractivity contribution < 1.29 is 4.74 Å². The van der Waals surface area contributed by atoms with Crippen molar-refractivity contribution in [3.63, 3.8) is 0 Å². The van der Waals surface area contributed by atoms with Gasteiger partial charge in [-0.15, -0.1) is 11.3 Å². The standard InChI is InChI=1S/C10H14ClNOS/c11-8-3-6-14-10(8)9(12)7-1-4-13-5-2-7/h3,6-7,9H,1-2,4-5,12H2/t9-/m1/s1. The van der Waals surface area contributed by atoms with Crippen LogP contribution in [0.5, 0.6) is 0 Å². The number of thiophene rings is 1. The summed E-state index contributed by atoms with van der Waals surface area (Å²) in [4.78, 5) is 1.12. The molecule has 0 aromatic carbocycles. The molecule has 2 rings (SSSR count). The molecule has 14 heavy (non-hydrogen) atoms. The van der Waals surface area contributed by atoms with E-state index >= 15 is 0 Å². The molecular formula is C10H14ClNOS. The van der Waals surface area contributed by atoms with E-state index < -0.39 is 0 Å². The minimum Gasteiger partial charge on any atom is -0.381 e. The van der Waals surface area contributed by atoms with Crippen LogP contribution in [0.15, 0.2) is 11.4 Å². The van der Waals surface area contributed by atoms with Crippen LogP contribution in [0, 0.1) is 5.92 Å². The number of halogens is 1. The number of rotatable bonds is 2. The van der Waals surface area contributed by atoms with Crippen molar-refractivity contribution >= 4 is 22.9 Å². The van der Waals surface area contributed by atoms with Crippen molar-refractivity contribution in [1.29, 1.82) is 0 Å². The molecule has 1 saturated heterocycles. The predicted octanol–water partition coefficient (Wildman–Crippen LogP) is 2.83. The third-order valence-corrected chi connectivity index (χ3v) is 4.18. The van der Waals surface area contributed by atoms with Crippen LogP contribution in [0.3, 0.4) is 0 Å². The molecule has 2 heterocycles. The maximum Gasteiger partial charge on any atom is 0.0561 e. The molecule has 1 aliphatic heterocycles. The van der Waals surface area contributed by atoms with Crippen molar-refractivity contribution in [3.8, 4) is 0 Å². The number of nitrogens with two attached hydrogens (primary N) is 1. The van der Waals surface area contributed by atoms with Gasteiger partial charge in [-0.05, 0) is 30.2 Å². The Morgan fingerprint density at radius 2 is 2.21 bits per heavy atom. The van der Waals surface area contributed by atoms with E-state index in [1.807, 2.05) is 11.4 Å². The number of hydrogen-bond donors (Lipinski definition) is 1. The Hall–Kier alpha value is -0.0900. The molecule has 1 aliphatic rings. The fourth-order valence-corrected chi connectivity index (χ4v) is 3.11. The Labute approximate surface area is 93.0 Å². The first-order chi connectivity index (χ1) is 6.79. The molecule has 1 aromatic heterocycles. The minimum atomic E-state index is 0.0893. The van der Waals surface area contributed by atoms with Gasteiger partial charge in [0.15, 0.2) is 0 Å². The lowest BCUT2D eigenvalue weighted by Gasteiger charge is -2.27. The molecule has 2 nitrogen and oxygen atoms in total. The lowest BCUT2D eigenvalue weighted by molar-refractivity contribution is 0.0587. The van der Waals surface area contributed by atoms with Crippen LogP contribution in [0.1, 0.15) is 23.8 Å². The van der Waals surface area contributed by atoms with Gasteiger partial charge >= 0.3 is 0 Å². The summed E-state index contributed by atoms with van der Waals surface area (Å²) >= 11 is 7.71. The van der Waals surface area contributed by atoms with E-state index in [-0.39, 0.29) is 6.04 Å². The van der Waals surface area contributed by atoms with Crippen LogP contribution in [0.2, 0.25) is 5.02 Å². The maximum atomic E-state index is 6.19. The van der Waals surface area contributed by atoms with E-state index in [1.54, 1.807) is 11.3 Å². The summed E-state index contributed by atoms with van der Waals surface area (Å²) in [6.45, 7) is 1.67. The quantitative estimate of drug-likeness (QED) is 0.850. The van der Waals surface area contributed by atoms with E-state index in [0.29, 0.717) is 5.92 Å². The summed E-state index contributed by atoms with van der Waals surface area (Å²) in [5, 5.41) is 2.81. The third kappa shape index (κ3) is 2.11. The number of hydrogen-bond acceptors (Lipinski definition) is 3. The van der Waals surface area contributed by atoms with Gasteiger partial charge < -0.3 is 10.5 Å². The van der Waals surface area contributed by atoms with Crippen molar-refractivity contribution in [1.82, 2.24) is 0 Å². The van der Waals surface area contributed by atoms with Crippen LogP contribution in [-0.2, 0) is 4.74 Å². The lowest BCUT2D eigenvalue weighted by atomic mass is 9.91. The summed E-state index contributed by atoms with van der Waals surface area (Å²) < 4.78 is 5.31. The monoisotopic (exact) mass is 231 g/mol. The van der Waals surface area contributed by atoms with Crippen LogP contribution in [0.4, 0.5) is 0 Å². The van der Waals surface area contributed by atoms with Crippen LogP contribution in [-0.4, -0.2) is 13.2 Å². The summed E-state index contributed by atoms with van der Waals surface area (Å²) in [6, 6.07) is 2.01. The first-order valence-corrected chi connectivity index (χ1v) is 6.11. The largest absolute Gasteiger partial charge is 0.381 e. The second-order valence-corrected chi connectivity index (χ2v) is 4.96. The summed E-state index contributed by atoms with van der Waals surface area (Å²) in [6.07, 6.45) is 2.10. The summed E-state index contributed by atoms with van der Waals surface area (Å²) in [5.41, 5.74) is 6.19. The molecule has 78 valence electrons. The van der Waals surface area contributed by atoms with Gasteiger partial charge in [0.05, 0.1) is 5.02 Å². The van der Waals surface area contributed by atoms with Crippen molar-refractivity contribution in [3.05, 3.63) is 21.3 Å². The molecule has 4 heteroatoms. The van der Waals surface area contributed by atoms with E-state index in [1.165, 1.54) is 0 Å².